The van der Waals surface area contributed by atoms with Crippen LogP contribution < -0.4 is 5.32 Å². The monoisotopic (exact) mass is 297 g/mol. The van der Waals surface area contributed by atoms with Crippen LogP contribution in [0.25, 0.3) is 0 Å². The lowest BCUT2D eigenvalue weighted by molar-refractivity contribution is -0.121. The molecule has 0 aromatic rings. The van der Waals surface area contributed by atoms with E-state index in [9.17, 15) is 13.2 Å². The Bertz CT molecular complexity index is 371. The minimum absolute atomic E-state index is 0.106. The number of hydrogen-bond donors (Lipinski definition) is 1. The molecule has 1 saturated heterocycles. The lowest BCUT2D eigenvalue weighted by atomic mass is 10.1. The molecule has 2 unspecified atom stereocenters. The van der Waals surface area contributed by atoms with Gasteiger partial charge in [0, 0.05) is 25.6 Å². The summed E-state index contributed by atoms with van der Waals surface area (Å²) in [6.07, 6.45) is 2.42. The molecule has 1 aliphatic rings. The van der Waals surface area contributed by atoms with Gasteiger partial charge in [0.2, 0.25) is 5.91 Å². The van der Waals surface area contributed by atoms with Gasteiger partial charge >= 0.3 is 0 Å². The number of amides is 1. The summed E-state index contributed by atoms with van der Waals surface area (Å²) in [4.78, 5) is 12.0. The summed E-state index contributed by atoms with van der Waals surface area (Å²) in [5, 5.41) is 1.79. The first-order valence-corrected chi connectivity index (χ1v) is 8.33. The Labute approximate surface area is 113 Å². The Morgan fingerprint density at radius 1 is 1.50 bits per heavy atom. The predicted molar refractivity (Wildman–Crippen MR) is 70.6 cm³/mol. The smallest absolute Gasteiger partial charge is 0.238 e. The van der Waals surface area contributed by atoms with Gasteiger partial charge in [-0.2, -0.15) is 0 Å². The highest BCUT2D eigenvalue weighted by Gasteiger charge is 2.35. The van der Waals surface area contributed by atoms with Crippen LogP contribution in [0.5, 0.6) is 0 Å². The third-order valence-corrected chi connectivity index (χ3v) is 5.62. The van der Waals surface area contributed by atoms with Crippen molar-refractivity contribution >= 4 is 27.3 Å². The van der Waals surface area contributed by atoms with Crippen LogP contribution in [0.3, 0.4) is 0 Å². The number of alkyl halides is 1. The van der Waals surface area contributed by atoms with Crippen LogP contribution in [-0.2, 0) is 19.4 Å². The second-order valence-electron chi connectivity index (χ2n) is 4.49. The molecule has 18 heavy (non-hydrogen) atoms. The third-order valence-electron chi connectivity index (χ3n) is 3.07. The lowest BCUT2D eigenvalue weighted by Gasteiger charge is -2.24. The van der Waals surface area contributed by atoms with E-state index in [4.69, 9.17) is 16.3 Å². The molecule has 5 nitrogen and oxygen atoms in total. The van der Waals surface area contributed by atoms with E-state index in [1.807, 2.05) is 0 Å². The van der Waals surface area contributed by atoms with E-state index in [1.54, 1.807) is 7.11 Å². The van der Waals surface area contributed by atoms with E-state index >= 15 is 0 Å². The number of methoxy groups -OCH3 is 1. The summed E-state index contributed by atoms with van der Waals surface area (Å²) in [6.45, 7) is 0.481. The normalized spacial score (nSPS) is 24.4. The highest BCUT2D eigenvalue weighted by molar-refractivity contribution is 7.92. The summed E-state index contributed by atoms with van der Waals surface area (Å²) in [5.41, 5.74) is 0. The largest absolute Gasteiger partial charge is 0.385 e. The Balaban J connectivity index is 2.57. The van der Waals surface area contributed by atoms with Gasteiger partial charge in [-0.15, -0.1) is 11.6 Å². The number of ether oxygens (including phenoxy) is 1. The number of rotatable bonds is 6. The molecule has 0 aromatic carbocycles. The summed E-state index contributed by atoms with van der Waals surface area (Å²) in [7, 11) is -1.72. The summed E-state index contributed by atoms with van der Waals surface area (Å²) < 4.78 is 28.5. The fraction of sp³-hybridized carbons (Fsp3) is 0.909. The molecule has 2 atom stereocenters. The van der Waals surface area contributed by atoms with Gasteiger partial charge in [-0.05, 0) is 19.3 Å². The predicted octanol–water partition coefficient (Wildman–Crippen LogP) is 0.714. The minimum atomic E-state index is -3.28. The van der Waals surface area contributed by atoms with Crippen molar-refractivity contribution in [2.75, 3.05) is 25.3 Å². The van der Waals surface area contributed by atoms with Gasteiger partial charge in [-0.25, -0.2) is 8.42 Å². The molecule has 0 aliphatic carbocycles. The molecular weight excluding hydrogens is 278 g/mol. The topological polar surface area (TPSA) is 72.5 Å². The Kier molecular flexibility index (Phi) is 6.38. The quantitative estimate of drug-likeness (QED) is 0.733. The van der Waals surface area contributed by atoms with E-state index in [0.717, 1.165) is 6.42 Å². The van der Waals surface area contributed by atoms with Crippen molar-refractivity contribution in [2.45, 2.75) is 37.0 Å². The summed E-state index contributed by atoms with van der Waals surface area (Å²) in [6, 6.07) is -0.240. The maximum Gasteiger partial charge on any atom is 0.238 e. The molecule has 1 rings (SSSR count). The van der Waals surface area contributed by atoms with E-state index in [2.05, 4.69) is 5.32 Å². The van der Waals surface area contributed by atoms with Crippen molar-refractivity contribution in [1.82, 2.24) is 5.32 Å². The molecule has 0 spiro atoms. The van der Waals surface area contributed by atoms with E-state index in [1.165, 1.54) is 0 Å². The molecule has 1 fully saturated rings. The van der Waals surface area contributed by atoms with Gasteiger partial charge in [0.15, 0.2) is 9.84 Å². The van der Waals surface area contributed by atoms with Crippen LogP contribution >= 0.6 is 11.6 Å². The van der Waals surface area contributed by atoms with Crippen LogP contribution in [0.2, 0.25) is 0 Å². The average Bonchev–Trinajstić information content (AvgIpc) is 2.33. The van der Waals surface area contributed by atoms with Gasteiger partial charge in [0.1, 0.15) is 5.25 Å². The van der Waals surface area contributed by atoms with Crippen molar-refractivity contribution in [3.05, 3.63) is 0 Å². The van der Waals surface area contributed by atoms with Crippen molar-refractivity contribution < 1.29 is 17.9 Å². The van der Waals surface area contributed by atoms with Crippen molar-refractivity contribution in [3.63, 3.8) is 0 Å². The van der Waals surface area contributed by atoms with E-state index < -0.39 is 21.0 Å². The standard InChI is InChI=1S/C11H20ClNO4S/c1-17-6-5-9(8-12)13-11(14)10-4-2-3-7-18(10,15)16/h9-10H,2-8H2,1H3,(H,13,14). The molecule has 106 valence electrons. The van der Waals surface area contributed by atoms with E-state index in [0.29, 0.717) is 25.9 Å². The van der Waals surface area contributed by atoms with Gasteiger partial charge in [0.25, 0.3) is 0 Å². The minimum Gasteiger partial charge on any atom is -0.385 e. The SMILES string of the molecule is COCCC(CCl)NC(=O)C1CCCCS1(=O)=O. The molecule has 7 heteroatoms. The van der Waals surface area contributed by atoms with Gasteiger partial charge in [-0.3, -0.25) is 4.79 Å². The fourth-order valence-electron chi connectivity index (χ4n) is 1.99. The number of hydrogen-bond acceptors (Lipinski definition) is 4. The van der Waals surface area contributed by atoms with Crippen LogP contribution in [0.15, 0.2) is 0 Å². The Hall–Kier alpha value is -0.330. The Morgan fingerprint density at radius 3 is 2.78 bits per heavy atom. The van der Waals surface area contributed by atoms with Crippen molar-refractivity contribution in [3.8, 4) is 0 Å². The van der Waals surface area contributed by atoms with Crippen molar-refractivity contribution in [2.24, 2.45) is 0 Å². The average molecular weight is 298 g/mol. The highest BCUT2D eigenvalue weighted by Crippen LogP contribution is 2.19. The second-order valence-corrected chi connectivity index (χ2v) is 7.10. The fourth-order valence-corrected chi connectivity index (χ4v) is 4.03. The maximum absolute atomic E-state index is 12.0. The number of carbonyl (C=O) groups is 1. The van der Waals surface area contributed by atoms with Crippen LogP contribution in [0, 0.1) is 0 Å². The van der Waals surface area contributed by atoms with Crippen LogP contribution in [0.4, 0.5) is 0 Å². The zero-order valence-corrected chi connectivity index (χ0v) is 12.1. The molecule has 0 bridgehead atoms. The number of sulfone groups is 1. The zero-order chi connectivity index (χ0) is 13.6. The molecule has 1 amide bonds. The molecule has 1 aliphatic heterocycles. The van der Waals surface area contributed by atoms with Crippen LogP contribution in [-0.4, -0.2) is 51.0 Å². The summed E-state index contributed by atoms with van der Waals surface area (Å²) >= 11 is 5.74. The zero-order valence-electron chi connectivity index (χ0n) is 10.5. The molecule has 0 saturated carbocycles. The Morgan fingerprint density at radius 2 is 2.22 bits per heavy atom. The maximum atomic E-state index is 12.0. The second kappa shape index (κ2) is 7.31. The van der Waals surface area contributed by atoms with E-state index in [-0.39, 0.29) is 17.7 Å². The van der Waals surface area contributed by atoms with Gasteiger partial charge in [-0.1, -0.05) is 6.42 Å². The molecule has 0 radical (unpaired) electrons. The van der Waals surface area contributed by atoms with Gasteiger partial charge < -0.3 is 10.1 Å². The van der Waals surface area contributed by atoms with Gasteiger partial charge in [0.05, 0.1) is 5.75 Å². The van der Waals surface area contributed by atoms with Crippen molar-refractivity contribution in [1.29, 1.82) is 0 Å². The molecule has 1 N–H and O–H groups in total. The lowest BCUT2D eigenvalue weighted by Crippen LogP contribution is -2.47. The summed E-state index contributed by atoms with van der Waals surface area (Å²) in [5.74, 6) is -0.0622. The molecule has 1 heterocycles. The number of carbonyl (C=O) groups excluding carboxylic acids is 1. The molecular formula is C11H20ClNO4S. The first-order chi connectivity index (χ1) is 8.51. The van der Waals surface area contributed by atoms with Crippen LogP contribution in [0.1, 0.15) is 25.7 Å². The third kappa shape index (κ3) is 4.40. The highest BCUT2D eigenvalue weighted by atomic mass is 35.5. The first kappa shape index (κ1) is 15.7. The number of halogens is 1. The number of nitrogens with one attached hydrogen (secondary N) is 1. The first-order valence-electron chi connectivity index (χ1n) is 6.08. The molecule has 0 aromatic heterocycles.